The van der Waals surface area contributed by atoms with E-state index in [1.807, 2.05) is 12.3 Å². The van der Waals surface area contributed by atoms with Gasteiger partial charge in [-0.2, -0.15) is 0 Å². The highest BCUT2D eigenvalue weighted by atomic mass is 32.1. The molecule has 1 aliphatic heterocycles. The maximum atomic E-state index is 11.9. The third-order valence-corrected chi connectivity index (χ3v) is 4.38. The van der Waals surface area contributed by atoms with Crippen LogP contribution >= 0.6 is 11.3 Å². The lowest BCUT2D eigenvalue weighted by Crippen LogP contribution is -2.48. The molecule has 1 saturated heterocycles. The second-order valence-corrected chi connectivity index (χ2v) is 6.05. The van der Waals surface area contributed by atoms with Gasteiger partial charge < -0.3 is 5.32 Å². The fourth-order valence-electron chi connectivity index (χ4n) is 2.37. The molecule has 21 heavy (non-hydrogen) atoms. The number of thiophene rings is 1. The lowest BCUT2D eigenvalue weighted by atomic mass is 10.2. The van der Waals surface area contributed by atoms with Gasteiger partial charge in [0, 0.05) is 12.6 Å². The Labute approximate surface area is 128 Å². The minimum Gasteiger partial charge on any atom is -0.313 e. The standard InChI is InChI=1S/C14H22N4O2S/c1-2-18(9-11-5-3-7-15-11)10-13(19)16-17-14(20)12-6-4-8-21-12/h4,6,8,11,15H,2-3,5,7,9-10H2,1H3,(H,16,19)(H,17,20). The van der Waals surface area contributed by atoms with Crippen molar-refractivity contribution in [2.24, 2.45) is 0 Å². The summed E-state index contributed by atoms with van der Waals surface area (Å²) in [6, 6.07) is 3.99. The Morgan fingerprint density at radius 1 is 1.48 bits per heavy atom. The summed E-state index contributed by atoms with van der Waals surface area (Å²) in [4.78, 5) is 26.2. The lowest BCUT2D eigenvalue weighted by molar-refractivity contribution is -0.123. The molecular formula is C14H22N4O2S. The molecule has 0 radical (unpaired) electrons. The summed E-state index contributed by atoms with van der Waals surface area (Å²) in [7, 11) is 0. The van der Waals surface area contributed by atoms with Crippen LogP contribution < -0.4 is 16.2 Å². The van der Waals surface area contributed by atoms with Crippen LogP contribution in [0.1, 0.15) is 29.4 Å². The number of hydrazine groups is 1. The molecule has 2 heterocycles. The Bertz CT molecular complexity index is 458. The number of likely N-dealkylation sites (N-methyl/N-ethyl adjacent to an activating group) is 1. The number of nitrogens with one attached hydrogen (secondary N) is 3. The first kappa shape index (κ1) is 15.9. The van der Waals surface area contributed by atoms with Crippen molar-refractivity contribution >= 4 is 23.2 Å². The van der Waals surface area contributed by atoms with E-state index >= 15 is 0 Å². The minimum absolute atomic E-state index is 0.195. The smallest absolute Gasteiger partial charge is 0.279 e. The fraction of sp³-hybridized carbons (Fsp3) is 0.571. The molecule has 0 aliphatic carbocycles. The van der Waals surface area contributed by atoms with Gasteiger partial charge in [0.15, 0.2) is 0 Å². The molecule has 6 nitrogen and oxygen atoms in total. The van der Waals surface area contributed by atoms with Crippen LogP contribution in [0.25, 0.3) is 0 Å². The van der Waals surface area contributed by atoms with Crippen LogP contribution in [-0.2, 0) is 4.79 Å². The Morgan fingerprint density at radius 2 is 2.33 bits per heavy atom. The molecule has 1 unspecified atom stereocenters. The van der Waals surface area contributed by atoms with Crippen LogP contribution in [0.3, 0.4) is 0 Å². The van der Waals surface area contributed by atoms with E-state index in [0.29, 0.717) is 17.5 Å². The summed E-state index contributed by atoms with van der Waals surface area (Å²) in [5.41, 5.74) is 4.90. The third-order valence-electron chi connectivity index (χ3n) is 3.52. The van der Waals surface area contributed by atoms with E-state index < -0.39 is 0 Å². The SMILES string of the molecule is CCN(CC(=O)NNC(=O)c1cccs1)CC1CCCN1. The number of carbonyl (C=O) groups excluding carboxylic acids is 2. The molecule has 2 rings (SSSR count). The second-order valence-electron chi connectivity index (χ2n) is 5.10. The molecule has 1 atom stereocenters. The average Bonchev–Trinajstić information content (AvgIpc) is 3.17. The van der Waals surface area contributed by atoms with E-state index in [9.17, 15) is 9.59 Å². The number of carbonyl (C=O) groups is 2. The van der Waals surface area contributed by atoms with Crippen LogP contribution in [0, 0.1) is 0 Å². The van der Waals surface area contributed by atoms with E-state index in [-0.39, 0.29) is 11.8 Å². The van der Waals surface area contributed by atoms with Crippen LogP contribution in [0.2, 0.25) is 0 Å². The summed E-state index contributed by atoms with van der Waals surface area (Å²) >= 11 is 1.34. The Balaban J connectivity index is 1.70. The highest BCUT2D eigenvalue weighted by molar-refractivity contribution is 7.12. The first-order valence-corrected chi connectivity index (χ1v) is 8.15. The maximum absolute atomic E-state index is 11.9. The number of hydrogen-bond donors (Lipinski definition) is 3. The van der Waals surface area contributed by atoms with E-state index in [1.54, 1.807) is 12.1 Å². The number of nitrogens with zero attached hydrogens (tertiary/aromatic N) is 1. The zero-order valence-corrected chi connectivity index (χ0v) is 13.0. The molecule has 3 N–H and O–H groups in total. The van der Waals surface area contributed by atoms with Crippen molar-refractivity contribution in [3.8, 4) is 0 Å². The Kier molecular flexibility index (Phi) is 6.16. The molecule has 0 aromatic carbocycles. The Morgan fingerprint density at radius 3 is 2.95 bits per heavy atom. The van der Waals surface area contributed by atoms with Crippen molar-refractivity contribution < 1.29 is 9.59 Å². The minimum atomic E-state index is -0.279. The average molecular weight is 310 g/mol. The van der Waals surface area contributed by atoms with Crippen LogP contribution in [0.5, 0.6) is 0 Å². The molecule has 1 aromatic rings. The summed E-state index contributed by atoms with van der Waals surface area (Å²) in [5, 5.41) is 5.25. The van der Waals surface area contributed by atoms with E-state index in [4.69, 9.17) is 0 Å². The molecule has 1 aliphatic rings. The van der Waals surface area contributed by atoms with E-state index in [1.165, 1.54) is 17.8 Å². The molecule has 1 aromatic heterocycles. The van der Waals surface area contributed by atoms with Crippen molar-refractivity contribution in [1.29, 1.82) is 0 Å². The predicted molar refractivity (Wildman–Crippen MR) is 83.1 cm³/mol. The van der Waals surface area contributed by atoms with Crippen molar-refractivity contribution in [2.45, 2.75) is 25.8 Å². The second kappa shape index (κ2) is 8.11. The molecule has 116 valence electrons. The zero-order valence-electron chi connectivity index (χ0n) is 12.2. The highest BCUT2D eigenvalue weighted by Crippen LogP contribution is 2.07. The topological polar surface area (TPSA) is 73.5 Å². The van der Waals surface area contributed by atoms with Gasteiger partial charge in [0.1, 0.15) is 0 Å². The molecule has 0 saturated carbocycles. The van der Waals surface area contributed by atoms with Gasteiger partial charge in [-0.1, -0.05) is 13.0 Å². The number of amides is 2. The van der Waals surface area contributed by atoms with Gasteiger partial charge in [0.25, 0.3) is 11.8 Å². The van der Waals surface area contributed by atoms with Gasteiger partial charge in [-0.25, -0.2) is 0 Å². The largest absolute Gasteiger partial charge is 0.313 e. The lowest BCUT2D eigenvalue weighted by Gasteiger charge is -2.23. The van der Waals surface area contributed by atoms with Gasteiger partial charge in [-0.3, -0.25) is 25.3 Å². The summed E-state index contributed by atoms with van der Waals surface area (Å²) in [6.45, 7) is 5.06. The van der Waals surface area contributed by atoms with Crippen LogP contribution in [0.4, 0.5) is 0 Å². The van der Waals surface area contributed by atoms with Crippen LogP contribution in [-0.4, -0.2) is 48.9 Å². The van der Waals surface area contributed by atoms with E-state index in [2.05, 4.69) is 21.1 Å². The number of rotatable bonds is 6. The molecule has 0 bridgehead atoms. The molecule has 2 amide bonds. The monoisotopic (exact) mass is 310 g/mol. The first-order chi connectivity index (χ1) is 10.2. The van der Waals surface area contributed by atoms with Gasteiger partial charge in [-0.05, 0) is 37.4 Å². The molecule has 0 spiro atoms. The van der Waals surface area contributed by atoms with Gasteiger partial charge in [0.05, 0.1) is 11.4 Å². The van der Waals surface area contributed by atoms with E-state index in [0.717, 1.165) is 26.1 Å². The predicted octanol–water partition coefficient (Wildman–Crippen LogP) is 0.583. The first-order valence-electron chi connectivity index (χ1n) is 7.27. The summed E-state index contributed by atoms with van der Waals surface area (Å²) in [5.74, 6) is -0.474. The van der Waals surface area contributed by atoms with Gasteiger partial charge in [-0.15, -0.1) is 11.3 Å². The summed E-state index contributed by atoms with van der Waals surface area (Å²) < 4.78 is 0. The third kappa shape index (κ3) is 5.11. The van der Waals surface area contributed by atoms with Crippen molar-refractivity contribution in [3.05, 3.63) is 22.4 Å². The molecule has 1 fully saturated rings. The van der Waals surface area contributed by atoms with Crippen molar-refractivity contribution in [1.82, 2.24) is 21.1 Å². The normalized spacial score (nSPS) is 17.9. The number of hydrogen-bond acceptors (Lipinski definition) is 5. The zero-order chi connectivity index (χ0) is 15.1. The van der Waals surface area contributed by atoms with Crippen LogP contribution in [0.15, 0.2) is 17.5 Å². The molecular weight excluding hydrogens is 288 g/mol. The van der Waals surface area contributed by atoms with Crippen molar-refractivity contribution in [3.63, 3.8) is 0 Å². The molecule has 7 heteroatoms. The Hall–Kier alpha value is -1.44. The van der Waals surface area contributed by atoms with Gasteiger partial charge in [0.2, 0.25) is 0 Å². The van der Waals surface area contributed by atoms with Crippen molar-refractivity contribution in [2.75, 3.05) is 26.2 Å². The maximum Gasteiger partial charge on any atom is 0.279 e. The van der Waals surface area contributed by atoms with Gasteiger partial charge >= 0.3 is 0 Å². The highest BCUT2D eigenvalue weighted by Gasteiger charge is 2.18. The fourth-order valence-corrected chi connectivity index (χ4v) is 2.99. The quantitative estimate of drug-likeness (QED) is 0.672. The summed E-state index contributed by atoms with van der Waals surface area (Å²) in [6.07, 6.45) is 2.36.